The lowest BCUT2D eigenvalue weighted by atomic mass is 10.0. The molecule has 0 aromatic carbocycles. The Morgan fingerprint density at radius 2 is 0.541 bits per heavy atom. The SMILES string of the molecule is CCCCCCCCCCCCCCCCCC(=O)O[C@H](COC(=O)CCCCCCCCCCCCCC)COP(=O)(O)OC[C@@H](O)COP(=O)(O)OC[C@@H](COC(=O)CCCCCCCCCCC)OC(=O)CCCCCCCCC(C)C. The average Bonchev–Trinajstić information content (AvgIpc) is 3.54. The number of unbranched alkanes of at least 4 members (excludes halogenated alkanes) is 38. The highest BCUT2D eigenvalue weighted by Gasteiger charge is 2.30. The van der Waals surface area contributed by atoms with Crippen molar-refractivity contribution in [2.24, 2.45) is 5.92 Å². The van der Waals surface area contributed by atoms with Crippen LogP contribution >= 0.6 is 15.6 Å². The molecule has 0 aromatic heterocycles. The van der Waals surface area contributed by atoms with E-state index in [1.165, 1.54) is 161 Å². The first-order chi connectivity index (χ1) is 41.0. The molecular weight excluding hydrogens is 1130 g/mol. The lowest BCUT2D eigenvalue weighted by Gasteiger charge is -2.21. The Labute approximate surface area is 517 Å². The molecule has 0 fully saturated rings. The first-order valence-corrected chi connectivity index (χ1v) is 37.6. The van der Waals surface area contributed by atoms with Crippen LogP contribution in [0.15, 0.2) is 0 Å². The second-order valence-corrected chi connectivity index (χ2v) is 27.2. The smallest absolute Gasteiger partial charge is 0.462 e. The van der Waals surface area contributed by atoms with Crippen LogP contribution < -0.4 is 0 Å². The van der Waals surface area contributed by atoms with E-state index in [0.29, 0.717) is 31.6 Å². The van der Waals surface area contributed by atoms with Crippen molar-refractivity contribution < 1.29 is 80.2 Å². The van der Waals surface area contributed by atoms with Gasteiger partial charge in [0.05, 0.1) is 26.4 Å². The third-order valence-electron chi connectivity index (χ3n) is 15.3. The molecule has 0 saturated carbocycles. The number of hydrogen-bond donors (Lipinski definition) is 3. The molecule has 0 aliphatic carbocycles. The molecule has 0 saturated heterocycles. The van der Waals surface area contributed by atoms with Crippen molar-refractivity contribution in [2.45, 2.75) is 355 Å². The fraction of sp³-hybridized carbons (Fsp3) is 0.939. The van der Waals surface area contributed by atoms with E-state index in [1.807, 2.05) is 0 Å². The molecule has 19 heteroatoms. The highest BCUT2D eigenvalue weighted by atomic mass is 31.2. The van der Waals surface area contributed by atoms with Crippen molar-refractivity contribution in [1.82, 2.24) is 0 Å². The monoisotopic (exact) mass is 1250 g/mol. The van der Waals surface area contributed by atoms with Gasteiger partial charge in [-0.25, -0.2) is 9.13 Å². The molecule has 0 radical (unpaired) electrons. The Bertz CT molecular complexity index is 1650. The summed E-state index contributed by atoms with van der Waals surface area (Å²) in [6.45, 7) is 7.11. The van der Waals surface area contributed by atoms with Gasteiger partial charge in [-0.15, -0.1) is 0 Å². The second-order valence-electron chi connectivity index (χ2n) is 24.3. The largest absolute Gasteiger partial charge is 0.472 e. The zero-order chi connectivity index (χ0) is 62.8. The molecule has 0 bridgehead atoms. The molecule has 0 aromatic rings. The first-order valence-electron chi connectivity index (χ1n) is 34.6. The molecule has 0 spiro atoms. The van der Waals surface area contributed by atoms with Crippen LogP contribution in [-0.4, -0.2) is 96.7 Å². The summed E-state index contributed by atoms with van der Waals surface area (Å²) >= 11 is 0. The van der Waals surface area contributed by atoms with Gasteiger partial charge in [0.1, 0.15) is 19.3 Å². The van der Waals surface area contributed by atoms with Crippen LogP contribution in [0, 0.1) is 5.92 Å². The number of esters is 4. The maximum absolute atomic E-state index is 13.0. The number of aliphatic hydroxyl groups excluding tert-OH is 1. The van der Waals surface area contributed by atoms with Crippen molar-refractivity contribution in [2.75, 3.05) is 39.6 Å². The fourth-order valence-corrected chi connectivity index (χ4v) is 11.5. The standard InChI is InChI=1S/C66H128O17P2/c1-6-9-12-15-18-21-23-25-26-27-29-32-35-41-46-51-65(70)82-61(55-77-64(69)50-45-40-34-31-28-24-22-19-16-13-10-7-2)57-80-84(72,73)78-53-60(67)54-79-85(74,75)81-58-62(83-66(71)52-47-42-37-36-38-43-48-59(4)5)56-76-63(68)49-44-39-33-30-20-17-14-11-8-3/h59-62,67H,6-58H2,1-5H3,(H,72,73)(H,74,75)/t60-,61-,62-/m1/s1. The maximum Gasteiger partial charge on any atom is 0.472 e. The van der Waals surface area contributed by atoms with E-state index in [9.17, 15) is 43.2 Å². The van der Waals surface area contributed by atoms with E-state index in [4.69, 9.17) is 37.0 Å². The van der Waals surface area contributed by atoms with E-state index >= 15 is 0 Å². The number of hydrogen-bond acceptors (Lipinski definition) is 15. The van der Waals surface area contributed by atoms with Crippen LogP contribution in [0.4, 0.5) is 0 Å². The minimum Gasteiger partial charge on any atom is -0.462 e. The molecule has 17 nitrogen and oxygen atoms in total. The van der Waals surface area contributed by atoms with Crippen LogP contribution in [0.1, 0.15) is 336 Å². The molecular formula is C66H128O17P2. The van der Waals surface area contributed by atoms with Gasteiger partial charge in [-0.2, -0.15) is 0 Å². The normalized spacial score (nSPS) is 14.2. The number of carbonyl (C=O) groups excluding carboxylic acids is 4. The number of aliphatic hydroxyl groups is 1. The Morgan fingerprint density at radius 1 is 0.318 bits per heavy atom. The first kappa shape index (κ1) is 83.1. The Balaban J connectivity index is 5.22. The number of carbonyl (C=O) groups is 4. The third kappa shape index (κ3) is 60.7. The summed E-state index contributed by atoms with van der Waals surface area (Å²) in [5.41, 5.74) is 0. The van der Waals surface area contributed by atoms with Gasteiger partial charge < -0.3 is 33.8 Å². The predicted octanol–water partition coefficient (Wildman–Crippen LogP) is 18.6. The number of phosphoric acid groups is 2. The minimum atomic E-state index is -4.95. The summed E-state index contributed by atoms with van der Waals surface area (Å²) in [7, 11) is -9.89. The van der Waals surface area contributed by atoms with Gasteiger partial charge in [0.25, 0.3) is 0 Å². The van der Waals surface area contributed by atoms with Crippen molar-refractivity contribution >= 4 is 39.5 Å². The van der Waals surface area contributed by atoms with Crippen molar-refractivity contribution in [1.29, 1.82) is 0 Å². The topological polar surface area (TPSA) is 237 Å². The zero-order valence-corrected chi connectivity index (χ0v) is 56.5. The van der Waals surface area contributed by atoms with Crippen molar-refractivity contribution in [3.63, 3.8) is 0 Å². The van der Waals surface area contributed by atoms with Crippen molar-refractivity contribution in [3.05, 3.63) is 0 Å². The summed E-state index contributed by atoms with van der Waals surface area (Å²) in [6.07, 6.45) is 44.5. The van der Waals surface area contributed by atoms with E-state index in [0.717, 1.165) is 89.9 Å². The zero-order valence-electron chi connectivity index (χ0n) is 54.7. The van der Waals surface area contributed by atoms with Gasteiger partial charge in [-0.05, 0) is 31.6 Å². The lowest BCUT2D eigenvalue weighted by Crippen LogP contribution is -2.30. The lowest BCUT2D eigenvalue weighted by molar-refractivity contribution is -0.161. The minimum absolute atomic E-state index is 0.102. The van der Waals surface area contributed by atoms with Gasteiger partial charge in [0, 0.05) is 25.7 Å². The average molecular weight is 1260 g/mol. The third-order valence-corrected chi connectivity index (χ3v) is 17.2. The van der Waals surface area contributed by atoms with E-state index in [2.05, 4.69) is 34.6 Å². The highest BCUT2D eigenvalue weighted by molar-refractivity contribution is 7.47. The summed E-state index contributed by atoms with van der Waals surface area (Å²) in [4.78, 5) is 72.2. The number of rotatable bonds is 66. The van der Waals surface area contributed by atoms with Crippen LogP contribution in [0.2, 0.25) is 0 Å². The molecule has 2 unspecified atom stereocenters. The van der Waals surface area contributed by atoms with Gasteiger partial charge >= 0.3 is 39.5 Å². The maximum atomic E-state index is 13.0. The number of ether oxygens (including phenoxy) is 4. The number of phosphoric ester groups is 2. The molecule has 85 heavy (non-hydrogen) atoms. The molecule has 0 amide bonds. The Hall–Kier alpha value is -1.94. The van der Waals surface area contributed by atoms with Gasteiger partial charge in [0.2, 0.25) is 0 Å². The molecule has 504 valence electrons. The van der Waals surface area contributed by atoms with Gasteiger partial charge in [-0.1, -0.05) is 285 Å². The summed E-state index contributed by atoms with van der Waals surface area (Å²) in [5.74, 6) is -1.46. The Kier molecular flexibility index (Phi) is 58.3. The van der Waals surface area contributed by atoms with Crippen LogP contribution in [0.3, 0.4) is 0 Å². The summed E-state index contributed by atoms with van der Waals surface area (Å²) in [6, 6.07) is 0. The summed E-state index contributed by atoms with van der Waals surface area (Å²) < 4.78 is 68.0. The van der Waals surface area contributed by atoms with Crippen LogP contribution in [-0.2, 0) is 65.4 Å². The molecule has 0 aliphatic heterocycles. The van der Waals surface area contributed by atoms with Crippen LogP contribution in [0.25, 0.3) is 0 Å². The second kappa shape index (κ2) is 59.7. The molecule has 0 rings (SSSR count). The van der Waals surface area contributed by atoms with E-state index in [1.54, 1.807) is 0 Å². The van der Waals surface area contributed by atoms with E-state index < -0.39 is 97.5 Å². The molecule has 3 N–H and O–H groups in total. The summed E-state index contributed by atoms with van der Waals surface area (Å²) in [5, 5.41) is 10.5. The fourth-order valence-electron chi connectivity index (χ4n) is 9.94. The molecule has 0 aliphatic rings. The van der Waals surface area contributed by atoms with Crippen LogP contribution in [0.5, 0.6) is 0 Å². The quantitative estimate of drug-likeness (QED) is 0.0222. The Morgan fingerprint density at radius 3 is 0.800 bits per heavy atom. The predicted molar refractivity (Wildman–Crippen MR) is 340 cm³/mol. The van der Waals surface area contributed by atoms with Crippen molar-refractivity contribution in [3.8, 4) is 0 Å². The molecule has 5 atom stereocenters. The highest BCUT2D eigenvalue weighted by Crippen LogP contribution is 2.45. The molecule has 0 heterocycles. The van der Waals surface area contributed by atoms with Gasteiger partial charge in [0.15, 0.2) is 12.2 Å². The van der Waals surface area contributed by atoms with Gasteiger partial charge in [-0.3, -0.25) is 37.3 Å². The van der Waals surface area contributed by atoms with E-state index in [-0.39, 0.29) is 25.7 Å².